The van der Waals surface area contributed by atoms with Crippen LogP contribution in [0.1, 0.15) is 16.2 Å². The Balaban J connectivity index is 2.88. The van der Waals surface area contributed by atoms with Gasteiger partial charge in [0.05, 0.1) is 5.69 Å². The van der Waals surface area contributed by atoms with Crippen LogP contribution in [-0.2, 0) is 0 Å². The summed E-state index contributed by atoms with van der Waals surface area (Å²) in [5, 5.41) is 19.0. The van der Waals surface area contributed by atoms with E-state index in [-0.39, 0.29) is 11.4 Å². The molecule has 0 atom stereocenters. The lowest BCUT2D eigenvalue weighted by molar-refractivity contribution is -0.102. The standard InChI is InChI=1S/C8H8BFN2O3/c1-4-5(10)2-3-6(11-4)7(13)12-8(9,14)15/h2-3,14-15H,1H3,(H,12,13). The molecule has 1 aromatic rings. The summed E-state index contributed by atoms with van der Waals surface area (Å²) in [6.07, 6.45) is 0. The number of amides is 1. The van der Waals surface area contributed by atoms with Crippen LogP contribution in [-0.4, -0.2) is 34.8 Å². The third-order valence-corrected chi connectivity index (χ3v) is 1.55. The number of halogens is 1. The number of hydrogen-bond donors (Lipinski definition) is 3. The van der Waals surface area contributed by atoms with Gasteiger partial charge in [-0.15, -0.1) is 0 Å². The summed E-state index contributed by atoms with van der Waals surface area (Å²) in [6, 6.07) is 2.15. The molecule has 0 unspecified atom stereocenters. The lowest BCUT2D eigenvalue weighted by Gasteiger charge is -2.17. The minimum Gasteiger partial charge on any atom is -0.358 e. The lowest BCUT2D eigenvalue weighted by Crippen LogP contribution is -2.49. The van der Waals surface area contributed by atoms with Crippen LogP contribution >= 0.6 is 0 Å². The van der Waals surface area contributed by atoms with Crippen molar-refractivity contribution in [2.75, 3.05) is 0 Å². The van der Waals surface area contributed by atoms with E-state index < -0.39 is 17.5 Å². The fraction of sp³-hybridized carbons (Fsp3) is 0.250. The highest BCUT2D eigenvalue weighted by molar-refractivity contribution is 6.14. The zero-order chi connectivity index (χ0) is 11.6. The first kappa shape index (κ1) is 11.6. The number of aromatic nitrogens is 1. The Kier molecular flexibility index (Phi) is 3.06. The van der Waals surface area contributed by atoms with Gasteiger partial charge in [0, 0.05) is 0 Å². The van der Waals surface area contributed by atoms with Crippen LogP contribution in [0.4, 0.5) is 4.39 Å². The van der Waals surface area contributed by atoms with Crippen LogP contribution in [0.2, 0.25) is 0 Å². The molecule has 3 N–H and O–H groups in total. The van der Waals surface area contributed by atoms with Crippen molar-refractivity contribution in [3.05, 3.63) is 29.3 Å². The van der Waals surface area contributed by atoms with Crippen LogP contribution in [0, 0.1) is 12.7 Å². The van der Waals surface area contributed by atoms with Gasteiger partial charge >= 0.3 is 0 Å². The van der Waals surface area contributed by atoms with Crippen LogP contribution in [0.5, 0.6) is 0 Å². The molecule has 0 bridgehead atoms. The van der Waals surface area contributed by atoms with Crippen LogP contribution in [0.3, 0.4) is 0 Å². The summed E-state index contributed by atoms with van der Waals surface area (Å²) in [7, 11) is 4.72. The minimum absolute atomic E-state index is 0.0288. The minimum atomic E-state index is -2.82. The molecule has 1 aromatic heterocycles. The highest BCUT2D eigenvalue weighted by Gasteiger charge is 2.19. The van der Waals surface area contributed by atoms with E-state index in [4.69, 9.17) is 18.1 Å². The zero-order valence-electron chi connectivity index (χ0n) is 7.86. The number of hydrogen-bond acceptors (Lipinski definition) is 4. The van der Waals surface area contributed by atoms with Gasteiger partial charge in [-0.3, -0.25) is 4.79 Å². The highest BCUT2D eigenvalue weighted by atomic mass is 19.1. The van der Waals surface area contributed by atoms with Crippen LogP contribution < -0.4 is 5.32 Å². The number of aryl methyl sites for hydroxylation is 1. The average Bonchev–Trinajstić information content (AvgIpc) is 2.06. The number of nitrogens with zero attached hydrogens (tertiary/aromatic N) is 1. The number of nitrogens with one attached hydrogen (secondary N) is 1. The van der Waals surface area contributed by atoms with E-state index in [0.29, 0.717) is 0 Å². The number of carbonyl (C=O) groups is 1. The third-order valence-electron chi connectivity index (χ3n) is 1.55. The van der Waals surface area contributed by atoms with E-state index in [9.17, 15) is 9.18 Å². The van der Waals surface area contributed by atoms with E-state index in [1.807, 2.05) is 0 Å². The van der Waals surface area contributed by atoms with Crippen molar-refractivity contribution < 1.29 is 19.4 Å². The molecule has 0 aromatic carbocycles. The summed E-state index contributed by atoms with van der Waals surface area (Å²) in [4.78, 5) is 14.8. The predicted octanol–water partition coefficient (Wildman–Crippen LogP) is -0.977. The Hall–Kier alpha value is -1.47. The van der Waals surface area contributed by atoms with Gasteiger partial charge in [0.25, 0.3) is 5.91 Å². The molecule has 0 saturated heterocycles. The van der Waals surface area contributed by atoms with Crippen molar-refractivity contribution in [1.82, 2.24) is 10.3 Å². The second kappa shape index (κ2) is 3.96. The van der Waals surface area contributed by atoms with Gasteiger partial charge in [-0.1, -0.05) is 0 Å². The summed E-state index contributed by atoms with van der Waals surface area (Å²) in [5.41, 5.74) is -0.132. The van der Waals surface area contributed by atoms with Gasteiger partial charge in [0.2, 0.25) is 0 Å². The van der Waals surface area contributed by atoms with Crippen molar-refractivity contribution in [3.8, 4) is 0 Å². The molecule has 7 heteroatoms. The Morgan fingerprint density at radius 1 is 1.60 bits per heavy atom. The molecule has 0 aliphatic carbocycles. The molecule has 15 heavy (non-hydrogen) atoms. The van der Waals surface area contributed by atoms with Gasteiger partial charge in [-0.25, -0.2) is 9.37 Å². The van der Waals surface area contributed by atoms with Crippen LogP contribution in [0.25, 0.3) is 0 Å². The van der Waals surface area contributed by atoms with Gasteiger partial charge in [0.1, 0.15) is 11.5 Å². The number of pyridine rings is 1. The molecule has 0 spiro atoms. The summed E-state index contributed by atoms with van der Waals surface area (Å²) < 4.78 is 12.8. The normalized spacial score (nSPS) is 11.2. The molecule has 1 heterocycles. The average molecular weight is 210 g/mol. The Morgan fingerprint density at radius 2 is 2.20 bits per heavy atom. The van der Waals surface area contributed by atoms with Gasteiger partial charge < -0.3 is 15.5 Å². The lowest BCUT2D eigenvalue weighted by atomic mass is 10.0. The molecule has 0 fully saturated rings. The SMILES string of the molecule is [B]C(O)(O)NC(=O)c1ccc(F)c(C)n1. The second-order valence-corrected chi connectivity index (χ2v) is 2.94. The predicted molar refractivity (Wildman–Crippen MR) is 49.3 cm³/mol. The summed E-state index contributed by atoms with van der Waals surface area (Å²) in [6.45, 7) is 1.37. The molecule has 5 nitrogen and oxygen atoms in total. The van der Waals surface area contributed by atoms with Crippen molar-refractivity contribution in [2.24, 2.45) is 0 Å². The molecular weight excluding hydrogens is 202 g/mol. The topological polar surface area (TPSA) is 82.5 Å². The zero-order valence-corrected chi connectivity index (χ0v) is 7.86. The Morgan fingerprint density at radius 3 is 2.67 bits per heavy atom. The molecule has 1 rings (SSSR count). The van der Waals surface area contributed by atoms with Gasteiger partial charge in [-0.2, -0.15) is 0 Å². The number of aliphatic hydroxyl groups is 2. The second-order valence-electron chi connectivity index (χ2n) is 2.94. The van der Waals surface area contributed by atoms with E-state index in [0.717, 1.165) is 12.1 Å². The Bertz CT molecular complexity index is 392. The maximum Gasteiger partial charge on any atom is 0.273 e. The molecule has 78 valence electrons. The molecular formula is C8H8BFN2O3. The highest BCUT2D eigenvalue weighted by Crippen LogP contribution is 2.04. The van der Waals surface area contributed by atoms with Crippen molar-refractivity contribution >= 4 is 13.8 Å². The van der Waals surface area contributed by atoms with E-state index >= 15 is 0 Å². The Labute approximate surface area is 86.4 Å². The molecule has 0 saturated carbocycles. The van der Waals surface area contributed by atoms with Crippen molar-refractivity contribution in [2.45, 2.75) is 12.7 Å². The monoisotopic (exact) mass is 210 g/mol. The van der Waals surface area contributed by atoms with E-state index in [2.05, 4.69) is 4.98 Å². The maximum absolute atomic E-state index is 12.8. The number of carbonyl (C=O) groups excluding carboxylic acids is 1. The first-order chi connectivity index (χ1) is 6.79. The van der Waals surface area contributed by atoms with Crippen LogP contribution in [0.15, 0.2) is 12.1 Å². The van der Waals surface area contributed by atoms with Gasteiger partial charge in [0.15, 0.2) is 13.7 Å². The molecule has 1 amide bonds. The summed E-state index contributed by atoms with van der Waals surface area (Å²) >= 11 is 0. The van der Waals surface area contributed by atoms with Gasteiger partial charge in [-0.05, 0) is 19.1 Å². The number of rotatable bonds is 2. The summed E-state index contributed by atoms with van der Waals surface area (Å²) in [5.74, 6) is -4.29. The molecule has 0 aliphatic rings. The maximum atomic E-state index is 12.8. The third kappa shape index (κ3) is 3.30. The molecule has 0 aliphatic heterocycles. The van der Waals surface area contributed by atoms with Crippen molar-refractivity contribution in [1.29, 1.82) is 0 Å². The van der Waals surface area contributed by atoms with Crippen molar-refractivity contribution in [3.63, 3.8) is 0 Å². The van der Waals surface area contributed by atoms with E-state index in [1.54, 1.807) is 5.32 Å². The first-order valence-corrected chi connectivity index (χ1v) is 3.99. The fourth-order valence-electron chi connectivity index (χ4n) is 0.902. The largest absolute Gasteiger partial charge is 0.358 e. The quantitative estimate of drug-likeness (QED) is 0.433. The van der Waals surface area contributed by atoms with E-state index in [1.165, 1.54) is 6.92 Å². The fourth-order valence-corrected chi connectivity index (χ4v) is 0.902. The molecule has 2 radical (unpaired) electrons. The smallest absolute Gasteiger partial charge is 0.273 e. The first-order valence-electron chi connectivity index (χ1n) is 3.99.